The van der Waals surface area contributed by atoms with Crippen molar-refractivity contribution < 1.29 is 14.6 Å². The molecule has 1 aromatic rings. The second-order valence-corrected chi connectivity index (χ2v) is 3.69. The van der Waals surface area contributed by atoms with Gasteiger partial charge in [0.15, 0.2) is 0 Å². The molecule has 1 fully saturated rings. The molecule has 1 aromatic heterocycles. The number of aromatic nitrogens is 1. The van der Waals surface area contributed by atoms with Gasteiger partial charge in [-0.25, -0.2) is 4.79 Å². The van der Waals surface area contributed by atoms with E-state index < -0.39 is 6.09 Å². The third-order valence-electron chi connectivity index (χ3n) is 2.38. The van der Waals surface area contributed by atoms with Gasteiger partial charge < -0.3 is 15.2 Å². The number of nitrogens with one attached hydrogen (secondary N) is 1. The molecule has 0 aromatic carbocycles. The van der Waals surface area contributed by atoms with Crippen molar-refractivity contribution in [2.75, 3.05) is 6.61 Å². The Morgan fingerprint density at radius 2 is 2.47 bits per heavy atom. The molecule has 0 atom stereocenters. The van der Waals surface area contributed by atoms with Crippen molar-refractivity contribution >= 4 is 6.09 Å². The minimum absolute atomic E-state index is 0.366. The molecular weight excluding hydrogens is 196 g/mol. The summed E-state index contributed by atoms with van der Waals surface area (Å²) in [5.41, 5.74) is -0.373. The lowest BCUT2D eigenvalue weighted by molar-refractivity contribution is 0.177. The molecule has 1 aliphatic carbocycles. The average Bonchev–Trinajstić information content (AvgIpc) is 2.96. The lowest BCUT2D eigenvalue weighted by Crippen LogP contribution is -2.40. The smallest absolute Gasteiger partial charge is 0.405 e. The average molecular weight is 208 g/mol. The summed E-state index contributed by atoms with van der Waals surface area (Å²) >= 11 is 0. The lowest BCUT2D eigenvalue weighted by Gasteiger charge is -2.15. The third-order valence-corrected chi connectivity index (χ3v) is 2.38. The van der Waals surface area contributed by atoms with E-state index in [2.05, 4.69) is 10.3 Å². The van der Waals surface area contributed by atoms with Crippen molar-refractivity contribution in [2.45, 2.75) is 18.4 Å². The number of nitrogens with zero attached hydrogens (tertiary/aromatic N) is 1. The monoisotopic (exact) mass is 208 g/mol. The number of amides is 1. The molecule has 0 bridgehead atoms. The molecule has 2 rings (SSSR count). The van der Waals surface area contributed by atoms with E-state index in [0.717, 1.165) is 12.8 Å². The summed E-state index contributed by atoms with van der Waals surface area (Å²) < 4.78 is 5.45. The summed E-state index contributed by atoms with van der Waals surface area (Å²) in [5, 5.41) is 11.1. The molecule has 1 aliphatic rings. The highest BCUT2D eigenvalue weighted by Crippen LogP contribution is 2.35. The van der Waals surface area contributed by atoms with Crippen LogP contribution in [0.5, 0.6) is 5.75 Å². The fourth-order valence-electron chi connectivity index (χ4n) is 1.34. The molecule has 0 saturated heterocycles. The van der Waals surface area contributed by atoms with Crippen molar-refractivity contribution in [3.8, 4) is 5.75 Å². The highest BCUT2D eigenvalue weighted by atomic mass is 16.5. The summed E-state index contributed by atoms with van der Waals surface area (Å²) in [5.74, 6) is 0.663. The standard InChI is InChI=1S/C10H12N2O3/c13-9(14)12-10(3-4-10)7-15-8-2-1-5-11-6-8/h1-2,5-6,12H,3-4,7H2,(H,13,14). The Kier molecular flexibility index (Phi) is 2.45. The van der Waals surface area contributed by atoms with Gasteiger partial charge in [-0.3, -0.25) is 4.98 Å². The summed E-state index contributed by atoms with van der Waals surface area (Å²) in [7, 11) is 0. The van der Waals surface area contributed by atoms with Crippen LogP contribution in [0, 0.1) is 0 Å². The number of hydrogen-bond acceptors (Lipinski definition) is 3. The molecule has 0 radical (unpaired) electrons. The first-order valence-electron chi connectivity index (χ1n) is 4.74. The maximum Gasteiger partial charge on any atom is 0.405 e. The number of rotatable bonds is 4. The van der Waals surface area contributed by atoms with E-state index in [0.29, 0.717) is 12.4 Å². The van der Waals surface area contributed by atoms with E-state index in [1.165, 1.54) is 0 Å². The van der Waals surface area contributed by atoms with Gasteiger partial charge in [-0.1, -0.05) is 0 Å². The van der Waals surface area contributed by atoms with Crippen LogP contribution in [0.2, 0.25) is 0 Å². The van der Waals surface area contributed by atoms with Crippen LogP contribution in [0.25, 0.3) is 0 Å². The molecule has 15 heavy (non-hydrogen) atoms. The lowest BCUT2D eigenvalue weighted by atomic mass is 10.3. The minimum atomic E-state index is -0.998. The molecule has 5 heteroatoms. The van der Waals surface area contributed by atoms with Gasteiger partial charge in [-0.2, -0.15) is 0 Å². The number of carbonyl (C=O) groups is 1. The van der Waals surface area contributed by atoms with Crippen LogP contribution >= 0.6 is 0 Å². The summed E-state index contributed by atoms with van der Waals surface area (Å²) in [6.07, 6.45) is 3.94. The van der Waals surface area contributed by atoms with Crippen molar-refractivity contribution in [3.63, 3.8) is 0 Å². The second-order valence-electron chi connectivity index (χ2n) is 3.69. The van der Waals surface area contributed by atoms with Crippen LogP contribution in [0.3, 0.4) is 0 Å². The molecule has 1 heterocycles. The zero-order chi connectivity index (χ0) is 10.7. The Hall–Kier alpha value is -1.78. The van der Waals surface area contributed by atoms with Gasteiger partial charge in [0.1, 0.15) is 12.4 Å². The van der Waals surface area contributed by atoms with Crippen LogP contribution < -0.4 is 10.1 Å². The molecule has 1 amide bonds. The zero-order valence-corrected chi connectivity index (χ0v) is 8.14. The quantitative estimate of drug-likeness (QED) is 0.781. The number of ether oxygens (including phenoxy) is 1. The predicted molar refractivity (Wildman–Crippen MR) is 52.9 cm³/mol. The molecule has 1 saturated carbocycles. The maximum atomic E-state index is 10.5. The van der Waals surface area contributed by atoms with E-state index in [4.69, 9.17) is 9.84 Å². The fourth-order valence-corrected chi connectivity index (χ4v) is 1.34. The van der Waals surface area contributed by atoms with Gasteiger partial charge >= 0.3 is 6.09 Å². The Labute approximate surface area is 87.1 Å². The maximum absolute atomic E-state index is 10.5. The zero-order valence-electron chi connectivity index (χ0n) is 8.14. The summed E-state index contributed by atoms with van der Waals surface area (Å²) in [4.78, 5) is 14.4. The number of pyridine rings is 1. The Morgan fingerprint density at radius 1 is 1.67 bits per heavy atom. The largest absolute Gasteiger partial charge is 0.490 e. The van der Waals surface area contributed by atoms with E-state index in [9.17, 15) is 4.79 Å². The summed E-state index contributed by atoms with van der Waals surface area (Å²) in [6.45, 7) is 0.366. The minimum Gasteiger partial charge on any atom is -0.490 e. The van der Waals surface area contributed by atoms with Crippen molar-refractivity contribution in [1.82, 2.24) is 10.3 Å². The van der Waals surface area contributed by atoms with E-state index in [-0.39, 0.29) is 5.54 Å². The third kappa shape index (κ3) is 2.59. The molecule has 0 aliphatic heterocycles. The fraction of sp³-hybridized carbons (Fsp3) is 0.400. The number of carboxylic acid groups (broad SMARTS) is 1. The van der Waals surface area contributed by atoms with Gasteiger partial charge in [-0.15, -0.1) is 0 Å². The van der Waals surface area contributed by atoms with Gasteiger partial charge in [0.05, 0.1) is 11.7 Å². The molecule has 2 N–H and O–H groups in total. The van der Waals surface area contributed by atoms with Gasteiger partial charge in [0, 0.05) is 6.20 Å². The van der Waals surface area contributed by atoms with Crippen LogP contribution in [-0.2, 0) is 0 Å². The SMILES string of the molecule is O=C(O)NC1(COc2cccnc2)CC1. The van der Waals surface area contributed by atoms with Crippen molar-refractivity contribution in [1.29, 1.82) is 0 Å². The van der Waals surface area contributed by atoms with Crippen molar-refractivity contribution in [2.24, 2.45) is 0 Å². The number of hydrogen-bond donors (Lipinski definition) is 2. The molecule has 5 nitrogen and oxygen atoms in total. The first kappa shape index (κ1) is 9.76. The van der Waals surface area contributed by atoms with Gasteiger partial charge in [0.25, 0.3) is 0 Å². The highest BCUT2D eigenvalue weighted by molar-refractivity contribution is 5.66. The van der Waals surface area contributed by atoms with E-state index >= 15 is 0 Å². The topological polar surface area (TPSA) is 71.5 Å². The first-order chi connectivity index (χ1) is 7.20. The first-order valence-corrected chi connectivity index (χ1v) is 4.74. The van der Waals surface area contributed by atoms with Gasteiger partial charge in [0.2, 0.25) is 0 Å². The predicted octanol–water partition coefficient (Wildman–Crippen LogP) is 1.26. The van der Waals surface area contributed by atoms with E-state index in [1.54, 1.807) is 24.5 Å². The summed E-state index contributed by atoms with van der Waals surface area (Å²) in [6, 6.07) is 3.57. The molecule has 0 unspecified atom stereocenters. The van der Waals surface area contributed by atoms with E-state index in [1.807, 2.05) is 0 Å². The van der Waals surface area contributed by atoms with Crippen LogP contribution in [0.1, 0.15) is 12.8 Å². The van der Waals surface area contributed by atoms with Crippen LogP contribution in [0.15, 0.2) is 24.5 Å². The normalized spacial score (nSPS) is 16.8. The molecule has 0 spiro atoms. The Morgan fingerprint density at radius 3 is 3.00 bits per heavy atom. The second kappa shape index (κ2) is 3.76. The Bertz CT molecular complexity index is 349. The molecular formula is C10H12N2O3. The van der Waals surface area contributed by atoms with Crippen LogP contribution in [-0.4, -0.2) is 28.3 Å². The Balaban J connectivity index is 1.86. The van der Waals surface area contributed by atoms with Crippen LogP contribution in [0.4, 0.5) is 4.79 Å². The molecule has 80 valence electrons. The van der Waals surface area contributed by atoms with Gasteiger partial charge in [-0.05, 0) is 25.0 Å². The highest BCUT2D eigenvalue weighted by Gasteiger charge is 2.45. The van der Waals surface area contributed by atoms with Crippen molar-refractivity contribution in [3.05, 3.63) is 24.5 Å².